The van der Waals surface area contributed by atoms with E-state index in [-0.39, 0.29) is 17.9 Å². The minimum absolute atomic E-state index is 0.104. The van der Waals surface area contributed by atoms with Crippen LogP contribution in [0.2, 0.25) is 0 Å². The van der Waals surface area contributed by atoms with Crippen LogP contribution in [0.4, 0.5) is 10.5 Å². The van der Waals surface area contributed by atoms with E-state index in [1.807, 2.05) is 32.9 Å². The molecule has 1 aliphatic rings. The summed E-state index contributed by atoms with van der Waals surface area (Å²) in [4.78, 5) is 26.3. The molecule has 0 saturated carbocycles. The summed E-state index contributed by atoms with van der Waals surface area (Å²) in [6.07, 6.45) is 1.17. The highest BCUT2D eigenvalue weighted by Gasteiger charge is 2.31. The number of nitrogens with one attached hydrogen (secondary N) is 1. The molecule has 1 N–H and O–H groups in total. The molecular weight excluding hydrogens is 308 g/mol. The number of amides is 2. The fraction of sp³-hybridized carbons (Fsp3) is 0.556. The fourth-order valence-electron chi connectivity index (χ4n) is 2.67. The van der Waals surface area contributed by atoms with Crippen molar-refractivity contribution in [3.8, 4) is 5.75 Å². The van der Waals surface area contributed by atoms with Gasteiger partial charge in [0.15, 0.2) is 0 Å². The second kappa shape index (κ2) is 7.55. The summed E-state index contributed by atoms with van der Waals surface area (Å²) < 4.78 is 10.6. The zero-order chi connectivity index (χ0) is 17.7. The molecule has 0 unspecified atom stereocenters. The van der Waals surface area contributed by atoms with Gasteiger partial charge in [0, 0.05) is 13.1 Å². The molecule has 1 heterocycles. The van der Waals surface area contributed by atoms with Crippen LogP contribution < -0.4 is 10.1 Å². The van der Waals surface area contributed by atoms with Crippen molar-refractivity contribution in [3.63, 3.8) is 0 Å². The number of hydrogen-bond acceptors (Lipinski definition) is 4. The van der Waals surface area contributed by atoms with Gasteiger partial charge in [0.25, 0.3) is 0 Å². The van der Waals surface area contributed by atoms with Gasteiger partial charge in [-0.05, 0) is 45.7 Å². The smallest absolute Gasteiger partial charge is 0.410 e. The first-order valence-corrected chi connectivity index (χ1v) is 8.22. The lowest BCUT2D eigenvalue weighted by atomic mass is 9.97. The molecule has 0 bridgehead atoms. The van der Waals surface area contributed by atoms with E-state index >= 15 is 0 Å². The van der Waals surface area contributed by atoms with Gasteiger partial charge < -0.3 is 19.7 Å². The number of anilines is 1. The normalized spacial score (nSPS) is 18.0. The van der Waals surface area contributed by atoms with Crippen LogP contribution >= 0.6 is 0 Å². The maximum Gasteiger partial charge on any atom is 0.410 e. The van der Waals surface area contributed by atoms with Crippen LogP contribution in [0.25, 0.3) is 0 Å². The Kier molecular flexibility index (Phi) is 5.70. The molecule has 6 heteroatoms. The van der Waals surface area contributed by atoms with E-state index < -0.39 is 5.60 Å². The van der Waals surface area contributed by atoms with Gasteiger partial charge in [-0.3, -0.25) is 4.79 Å². The number of likely N-dealkylation sites (tertiary alicyclic amines) is 1. The molecule has 132 valence electrons. The average Bonchev–Trinajstić information content (AvgIpc) is 2.54. The van der Waals surface area contributed by atoms with Gasteiger partial charge in [0.2, 0.25) is 5.91 Å². The first kappa shape index (κ1) is 18.1. The predicted molar refractivity (Wildman–Crippen MR) is 92.2 cm³/mol. The molecule has 24 heavy (non-hydrogen) atoms. The molecule has 2 amide bonds. The lowest BCUT2D eigenvalue weighted by Gasteiger charge is -2.33. The molecule has 1 atom stereocenters. The van der Waals surface area contributed by atoms with Gasteiger partial charge in [-0.2, -0.15) is 0 Å². The van der Waals surface area contributed by atoms with Crippen molar-refractivity contribution in [2.75, 3.05) is 25.5 Å². The van der Waals surface area contributed by atoms with Crippen LogP contribution in [0, 0.1) is 5.92 Å². The number of carbonyl (C=O) groups excluding carboxylic acids is 2. The Hall–Kier alpha value is -2.24. The van der Waals surface area contributed by atoms with Crippen LogP contribution in [0.3, 0.4) is 0 Å². The number of methoxy groups -OCH3 is 1. The summed E-state index contributed by atoms with van der Waals surface area (Å²) in [6, 6.07) is 7.28. The molecule has 0 aliphatic carbocycles. The summed E-state index contributed by atoms with van der Waals surface area (Å²) in [5.74, 6) is 0.259. The van der Waals surface area contributed by atoms with Crippen molar-refractivity contribution in [1.82, 2.24) is 4.90 Å². The lowest BCUT2D eigenvalue weighted by molar-refractivity contribution is -0.121. The summed E-state index contributed by atoms with van der Waals surface area (Å²) in [7, 11) is 1.57. The number of rotatable bonds is 3. The highest BCUT2D eigenvalue weighted by molar-refractivity contribution is 5.94. The van der Waals surface area contributed by atoms with Gasteiger partial charge in [0.05, 0.1) is 18.7 Å². The van der Waals surface area contributed by atoms with Gasteiger partial charge in [-0.25, -0.2) is 4.79 Å². The number of para-hydroxylation sites is 2. The van der Waals surface area contributed by atoms with Gasteiger partial charge in [-0.1, -0.05) is 12.1 Å². The van der Waals surface area contributed by atoms with Crippen molar-refractivity contribution in [3.05, 3.63) is 24.3 Å². The Balaban J connectivity index is 1.98. The minimum atomic E-state index is -0.538. The Morgan fingerprint density at radius 2 is 1.96 bits per heavy atom. The molecule has 1 aromatic carbocycles. The SMILES string of the molecule is COc1ccccc1NC(=O)[C@@H]1CCCN(C(=O)OC(C)(C)C)C1. The van der Waals surface area contributed by atoms with E-state index in [1.165, 1.54) is 0 Å². The third kappa shape index (κ3) is 4.88. The summed E-state index contributed by atoms with van der Waals surface area (Å²) >= 11 is 0. The first-order chi connectivity index (χ1) is 11.3. The van der Waals surface area contributed by atoms with Crippen LogP contribution in [-0.2, 0) is 9.53 Å². The third-order valence-corrected chi connectivity index (χ3v) is 3.81. The van der Waals surface area contributed by atoms with E-state index in [4.69, 9.17) is 9.47 Å². The predicted octanol–water partition coefficient (Wildman–Crippen LogP) is 3.28. The molecule has 0 radical (unpaired) electrons. The van der Waals surface area contributed by atoms with Crippen molar-refractivity contribution in [2.45, 2.75) is 39.2 Å². The Morgan fingerprint density at radius 3 is 2.62 bits per heavy atom. The molecule has 0 spiro atoms. The third-order valence-electron chi connectivity index (χ3n) is 3.81. The van der Waals surface area contributed by atoms with Crippen LogP contribution in [0.5, 0.6) is 5.75 Å². The van der Waals surface area contributed by atoms with Crippen molar-refractivity contribution in [2.24, 2.45) is 5.92 Å². The Bertz CT molecular complexity index is 595. The number of carbonyl (C=O) groups is 2. The van der Waals surface area contributed by atoms with Crippen LogP contribution in [-0.4, -0.2) is 42.7 Å². The molecule has 0 aromatic heterocycles. The summed E-state index contributed by atoms with van der Waals surface area (Å²) in [6.45, 7) is 6.49. The largest absolute Gasteiger partial charge is 0.495 e. The van der Waals surface area contributed by atoms with Gasteiger partial charge in [-0.15, -0.1) is 0 Å². The summed E-state index contributed by atoms with van der Waals surface area (Å²) in [5.41, 5.74) is 0.100. The maximum atomic E-state index is 12.5. The number of hydrogen-bond donors (Lipinski definition) is 1. The van der Waals surface area contributed by atoms with E-state index in [0.717, 1.165) is 12.8 Å². The average molecular weight is 334 g/mol. The zero-order valence-corrected chi connectivity index (χ0v) is 14.8. The molecule has 6 nitrogen and oxygen atoms in total. The van der Waals surface area contributed by atoms with Crippen molar-refractivity contribution < 1.29 is 19.1 Å². The molecule has 2 rings (SSSR count). The molecule has 1 aliphatic heterocycles. The van der Waals surface area contributed by atoms with Crippen molar-refractivity contribution >= 4 is 17.7 Å². The van der Waals surface area contributed by atoms with Gasteiger partial charge >= 0.3 is 6.09 Å². The van der Waals surface area contributed by atoms with E-state index in [9.17, 15) is 9.59 Å². The summed E-state index contributed by atoms with van der Waals surface area (Å²) in [5, 5.41) is 2.90. The zero-order valence-electron chi connectivity index (χ0n) is 14.8. The number of nitrogens with zero attached hydrogens (tertiary/aromatic N) is 1. The van der Waals surface area contributed by atoms with E-state index in [2.05, 4.69) is 5.32 Å². The van der Waals surface area contributed by atoms with Crippen LogP contribution in [0.15, 0.2) is 24.3 Å². The van der Waals surface area contributed by atoms with E-state index in [1.54, 1.807) is 24.1 Å². The van der Waals surface area contributed by atoms with Gasteiger partial charge in [0.1, 0.15) is 11.4 Å². The lowest BCUT2D eigenvalue weighted by Crippen LogP contribution is -2.45. The second-order valence-electron chi connectivity index (χ2n) is 6.96. The van der Waals surface area contributed by atoms with E-state index in [0.29, 0.717) is 24.5 Å². The molecule has 1 fully saturated rings. The molecule has 1 aromatic rings. The maximum absolute atomic E-state index is 12.5. The highest BCUT2D eigenvalue weighted by Crippen LogP contribution is 2.26. The molecule has 1 saturated heterocycles. The number of ether oxygens (including phenoxy) is 2. The quantitative estimate of drug-likeness (QED) is 0.921. The number of benzene rings is 1. The monoisotopic (exact) mass is 334 g/mol. The highest BCUT2D eigenvalue weighted by atomic mass is 16.6. The second-order valence-corrected chi connectivity index (χ2v) is 6.96. The first-order valence-electron chi connectivity index (χ1n) is 8.22. The van der Waals surface area contributed by atoms with Crippen LogP contribution in [0.1, 0.15) is 33.6 Å². The molecular formula is C18H26N2O4. The topological polar surface area (TPSA) is 67.9 Å². The minimum Gasteiger partial charge on any atom is -0.495 e. The Labute approximate surface area is 143 Å². The van der Waals surface area contributed by atoms with Crippen molar-refractivity contribution in [1.29, 1.82) is 0 Å². The fourth-order valence-corrected chi connectivity index (χ4v) is 2.67. The number of piperidine rings is 1. The standard InChI is InChI=1S/C18H26N2O4/c1-18(2,3)24-17(22)20-11-7-8-13(12-20)16(21)19-14-9-5-6-10-15(14)23-4/h5-6,9-10,13H,7-8,11-12H2,1-4H3,(H,19,21)/t13-/m1/s1. The Morgan fingerprint density at radius 1 is 1.25 bits per heavy atom.